The van der Waals surface area contributed by atoms with Crippen LogP contribution in [0.4, 0.5) is 17.6 Å². The second-order valence-electron chi connectivity index (χ2n) is 7.06. The van der Waals surface area contributed by atoms with Crippen molar-refractivity contribution in [3.8, 4) is 0 Å². The predicted molar refractivity (Wildman–Crippen MR) is 93.5 cm³/mol. The van der Waals surface area contributed by atoms with E-state index in [2.05, 4.69) is 4.90 Å². The SMILES string of the molecule is CCS(=O)(=O)N1CCC2(CN(Cc3ccc(F)cc3)C2)C1.O=C(O)C(F)(F)F. The smallest absolute Gasteiger partial charge is 0.475 e. The van der Waals surface area contributed by atoms with Gasteiger partial charge in [-0.15, -0.1) is 0 Å². The summed E-state index contributed by atoms with van der Waals surface area (Å²) in [5.41, 5.74) is 1.24. The van der Waals surface area contributed by atoms with Gasteiger partial charge in [-0.25, -0.2) is 21.9 Å². The molecule has 0 bridgehead atoms. The summed E-state index contributed by atoms with van der Waals surface area (Å²) < 4.78 is 70.1. The zero-order chi connectivity index (χ0) is 21.2. The Morgan fingerprint density at radius 2 is 1.71 bits per heavy atom. The highest BCUT2D eigenvalue weighted by Crippen LogP contribution is 2.41. The van der Waals surface area contributed by atoms with Gasteiger partial charge in [-0.2, -0.15) is 13.2 Å². The van der Waals surface area contributed by atoms with E-state index in [0.29, 0.717) is 13.1 Å². The van der Waals surface area contributed by atoms with Crippen LogP contribution in [0.2, 0.25) is 0 Å². The van der Waals surface area contributed by atoms with Crippen molar-refractivity contribution < 1.29 is 35.9 Å². The van der Waals surface area contributed by atoms with Crippen molar-refractivity contribution in [3.05, 3.63) is 35.6 Å². The lowest BCUT2D eigenvalue weighted by Gasteiger charge is -2.48. The van der Waals surface area contributed by atoms with Crippen molar-refractivity contribution in [3.63, 3.8) is 0 Å². The highest BCUT2D eigenvalue weighted by molar-refractivity contribution is 7.89. The van der Waals surface area contributed by atoms with Crippen molar-refractivity contribution in [1.29, 1.82) is 0 Å². The maximum atomic E-state index is 12.9. The lowest BCUT2D eigenvalue weighted by Crippen LogP contribution is -2.57. The van der Waals surface area contributed by atoms with Crippen molar-refractivity contribution in [2.75, 3.05) is 31.9 Å². The Morgan fingerprint density at radius 3 is 2.18 bits per heavy atom. The molecule has 2 saturated heterocycles. The van der Waals surface area contributed by atoms with Gasteiger partial charge in [0, 0.05) is 38.1 Å². The Morgan fingerprint density at radius 1 is 1.18 bits per heavy atom. The summed E-state index contributed by atoms with van der Waals surface area (Å²) in [4.78, 5) is 11.2. The number of hydrogen-bond donors (Lipinski definition) is 1. The number of carbonyl (C=O) groups is 1. The highest BCUT2D eigenvalue weighted by atomic mass is 32.2. The largest absolute Gasteiger partial charge is 0.490 e. The molecule has 3 rings (SSSR count). The first kappa shape index (κ1) is 22.6. The van der Waals surface area contributed by atoms with Gasteiger partial charge in [0.05, 0.1) is 5.75 Å². The minimum atomic E-state index is -5.08. The summed E-state index contributed by atoms with van der Waals surface area (Å²) in [6.45, 7) is 5.67. The van der Waals surface area contributed by atoms with Crippen LogP contribution in [0, 0.1) is 11.2 Å². The van der Waals surface area contributed by atoms with Gasteiger partial charge in [-0.05, 0) is 31.0 Å². The number of nitrogens with zero attached hydrogens (tertiary/aromatic N) is 2. The van der Waals surface area contributed by atoms with Crippen LogP contribution in [0.5, 0.6) is 0 Å². The van der Waals surface area contributed by atoms with E-state index in [1.807, 2.05) is 12.1 Å². The summed E-state index contributed by atoms with van der Waals surface area (Å²) in [6, 6.07) is 6.58. The van der Waals surface area contributed by atoms with Crippen LogP contribution in [-0.4, -0.2) is 66.8 Å². The third kappa shape index (κ3) is 5.65. The fraction of sp³-hybridized carbons (Fsp3) is 0.588. The number of rotatable bonds is 4. The van der Waals surface area contributed by atoms with Crippen LogP contribution >= 0.6 is 0 Å². The molecule has 11 heteroatoms. The number of carboxylic acids is 1. The third-order valence-corrected chi connectivity index (χ3v) is 6.67. The molecule has 2 heterocycles. The second kappa shape index (κ2) is 8.34. The number of halogens is 4. The van der Waals surface area contributed by atoms with E-state index < -0.39 is 22.2 Å². The molecule has 2 aliphatic rings. The molecule has 0 aromatic heterocycles. The number of aliphatic carboxylic acids is 1. The van der Waals surface area contributed by atoms with Crippen LogP contribution in [0.1, 0.15) is 18.9 Å². The Kier molecular flexibility index (Phi) is 6.72. The lowest BCUT2D eigenvalue weighted by atomic mass is 9.79. The molecule has 1 aromatic rings. The zero-order valence-electron chi connectivity index (χ0n) is 15.2. The molecular formula is C17H22F4N2O4S. The highest BCUT2D eigenvalue weighted by Gasteiger charge is 2.49. The summed E-state index contributed by atoms with van der Waals surface area (Å²) in [5, 5.41) is 7.12. The lowest BCUT2D eigenvalue weighted by molar-refractivity contribution is -0.192. The molecule has 1 spiro atoms. The van der Waals surface area contributed by atoms with Crippen LogP contribution in [0.25, 0.3) is 0 Å². The van der Waals surface area contributed by atoms with E-state index in [0.717, 1.165) is 31.6 Å². The number of hydrogen-bond acceptors (Lipinski definition) is 4. The molecule has 2 aliphatic heterocycles. The molecule has 28 heavy (non-hydrogen) atoms. The van der Waals surface area contributed by atoms with Gasteiger partial charge < -0.3 is 5.11 Å². The first-order chi connectivity index (χ1) is 12.9. The minimum Gasteiger partial charge on any atom is -0.475 e. The molecule has 0 amide bonds. The Bertz CT molecular complexity index is 790. The zero-order valence-corrected chi connectivity index (χ0v) is 16.1. The van der Waals surface area contributed by atoms with Gasteiger partial charge in [0.25, 0.3) is 0 Å². The fourth-order valence-electron chi connectivity index (χ4n) is 3.43. The van der Waals surface area contributed by atoms with Crippen molar-refractivity contribution >= 4 is 16.0 Å². The average molecular weight is 426 g/mol. The second-order valence-corrected chi connectivity index (χ2v) is 9.32. The molecule has 0 atom stereocenters. The van der Waals surface area contributed by atoms with Gasteiger partial charge in [-0.3, -0.25) is 4.90 Å². The summed E-state index contributed by atoms with van der Waals surface area (Å²) in [5.74, 6) is -2.79. The molecule has 0 aliphatic carbocycles. The van der Waals surface area contributed by atoms with E-state index in [4.69, 9.17) is 9.90 Å². The molecular weight excluding hydrogens is 404 g/mol. The number of likely N-dealkylation sites (tertiary alicyclic amines) is 1. The number of alkyl halides is 3. The predicted octanol–water partition coefficient (Wildman–Crippen LogP) is 2.32. The normalized spacial score (nSPS) is 19.8. The Hall–Kier alpha value is -1.72. The van der Waals surface area contributed by atoms with E-state index in [-0.39, 0.29) is 17.0 Å². The monoisotopic (exact) mass is 426 g/mol. The molecule has 0 saturated carbocycles. The fourth-order valence-corrected chi connectivity index (χ4v) is 4.64. The van der Waals surface area contributed by atoms with Gasteiger partial charge in [-0.1, -0.05) is 12.1 Å². The summed E-state index contributed by atoms with van der Waals surface area (Å²) in [6.07, 6.45) is -4.13. The van der Waals surface area contributed by atoms with Gasteiger partial charge in [0.2, 0.25) is 10.0 Å². The summed E-state index contributed by atoms with van der Waals surface area (Å²) >= 11 is 0. The molecule has 1 aromatic carbocycles. The number of carboxylic acid groups (broad SMARTS) is 1. The number of benzene rings is 1. The van der Waals surface area contributed by atoms with Crippen molar-refractivity contribution in [2.24, 2.45) is 5.41 Å². The molecule has 0 unspecified atom stereocenters. The van der Waals surface area contributed by atoms with Gasteiger partial charge in [0.15, 0.2) is 0 Å². The standard InChI is InChI=1S/C15H21FN2O2S.C2HF3O2/c1-2-21(19,20)18-8-7-15(12-18)10-17(11-15)9-13-3-5-14(16)6-4-13;3-2(4,5)1(6)7/h3-6H,2,7-12H2,1H3;(H,6,7). The van der Waals surface area contributed by atoms with Crippen LogP contribution < -0.4 is 0 Å². The third-order valence-electron chi connectivity index (χ3n) is 4.84. The molecule has 158 valence electrons. The maximum Gasteiger partial charge on any atom is 0.490 e. The van der Waals surface area contributed by atoms with Gasteiger partial charge in [0.1, 0.15) is 5.82 Å². The quantitative estimate of drug-likeness (QED) is 0.748. The maximum absolute atomic E-state index is 12.9. The molecule has 6 nitrogen and oxygen atoms in total. The average Bonchev–Trinajstić information content (AvgIpc) is 3.02. The van der Waals surface area contributed by atoms with Crippen LogP contribution in [0.3, 0.4) is 0 Å². The summed E-state index contributed by atoms with van der Waals surface area (Å²) in [7, 11) is -3.05. The van der Waals surface area contributed by atoms with Crippen LogP contribution in [-0.2, 0) is 21.4 Å². The first-order valence-corrected chi connectivity index (χ1v) is 10.2. The minimum absolute atomic E-state index is 0.141. The van der Waals surface area contributed by atoms with Crippen molar-refractivity contribution in [2.45, 2.75) is 26.1 Å². The van der Waals surface area contributed by atoms with E-state index >= 15 is 0 Å². The Labute approximate surface area is 160 Å². The van der Waals surface area contributed by atoms with E-state index in [1.54, 1.807) is 11.2 Å². The Balaban J connectivity index is 0.000000345. The molecule has 0 radical (unpaired) electrons. The van der Waals surface area contributed by atoms with E-state index in [9.17, 15) is 26.0 Å². The first-order valence-electron chi connectivity index (χ1n) is 8.62. The van der Waals surface area contributed by atoms with Crippen LogP contribution in [0.15, 0.2) is 24.3 Å². The van der Waals surface area contributed by atoms with E-state index in [1.165, 1.54) is 12.1 Å². The number of sulfonamides is 1. The van der Waals surface area contributed by atoms with Crippen molar-refractivity contribution in [1.82, 2.24) is 9.21 Å². The van der Waals surface area contributed by atoms with Gasteiger partial charge >= 0.3 is 12.1 Å². The molecule has 2 fully saturated rings. The topological polar surface area (TPSA) is 77.9 Å². The molecule has 1 N–H and O–H groups in total.